The molecule has 6 heteroatoms. The predicted molar refractivity (Wildman–Crippen MR) is 71.3 cm³/mol. The fourth-order valence-corrected chi connectivity index (χ4v) is 2.37. The van der Waals surface area contributed by atoms with Crippen molar-refractivity contribution < 1.29 is 17.6 Å². The Morgan fingerprint density at radius 3 is 2.15 bits per heavy atom. The molecule has 2 aromatic rings. The Bertz CT molecular complexity index is 622. The van der Waals surface area contributed by atoms with Gasteiger partial charge in [0.05, 0.1) is 10.5 Å². The number of rotatable bonds is 3. The summed E-state index contributed by atoms with van der Waals surface area (Å²) in [5.41, 5.74) is 0.299. The maximum absolute atomic E-state index is 14.1. The van der Waals surface area contributed by atoms with Crippen LogP contribution in [0.4, 0.5) is 17.6 Å². The number of nitrogens with one attached hydrogen (secondary N) is 1. The lowest BCUT2D eigenvalue weighted by molar-refractivity contribution is 0.442. The van der Waals surface area contributed by atoms with Gasteiger partial charge in [-0.05, 0) is 46.7 Å². The molecule has 0 amide bonds. The van der Waals surface area contributed by atoms with Gasteiger partial charge in [-0.2, -0.15) is 0 Å². The molecule has 0 bridgehead atoms. The summed E-state index contributed by atoms with van der Waals surface area (Å²) >= 11 is 3.05. The van der Waals surface area contributed by atoms with Gasteiger partial charge >= 0.3 is 0 Å². The van der Waals surface area contributed by atoms with Crippen molar-refractivity contribution in [2.45, 2.75) is 6.04 Å². The first-order chi connectivity index (χ1) is 9.45. The first-order valence-corrected chi connectivity index (χ1v) is 6.50. The van der Waals surface area contributed by atoms with Crippen LogP contribution >= 0.6 is 15.9 Å². The molecule has 2 aromatic carbocycles. The van der Waals surface area contributed by atoms with E-state index in [1.165, 1.54) is 19.2 Å². The smallest absolute Gasteiger partial charge is 0.194 e. The zero-order valence-electron chi connectivity index (χ0n) is 10.4. The number of hydrogen-bond acceptors (Lipinski definition) is 1. The van der Waals surface area contributed by atoms with Gasteiger partial charge in [-0.15, -0.1) is 0 Å². The van der Waals surface area contributed by atoms with Crippen molar-refractivity contribution in [3.63, 3.8) is 0 Å². The van der Waals surface area contributed by atoms with Gasteiger partial charge in [-0.3, -0.25) is 0 Å². The van der Waals surface area contributed by atoms with Crippen molar-refractivity contribution in [3.8, 4) is 0 Å². The molecule has 0 aliphatic rings. The highest BCUT2D eigenvalue weighted by Crippen LogP contribution is 2.29. The second-order valence-electron chi connectivity index (χ2n) is 4.16. The average Bonchev–Trinajstić information content (AvgIpc) is 2.41. The SMILES string of the molecule is CNC(c1cc(F)c(F)c(F)c1)c1cccc(Br)c1F. The Labute approximate surface area is 121 Å². The third-order valence-electron chi connectivity index (χ3n) is 2.92. The van der Waals surface area contributed by atoms with Crippen LogP contribution in [0.15, 0.2) is 34.8 Å². The Kier molecular flexibility index (Phi) is 4.45. The van der Waals surface area contributed by atoms with E-state index < -0.39 is 29.3 Å². The van der Waals surface area contributed by atoms with E-state index in [0.717, 1.165) is 12.1 Å². The minimum atomic E-state index is -1.54. The van der Waals surface area contributed by atoms with E-state index >= 15 is 0 Å². The molecule has 0 aromatic heterocycles. The molecule has 0 saturated carbocycles. The van der Waals surface area contributed by atoms with E-state index in [4.69, 9.17) is 0 Å². The standard InChI is InChI=1S/C14H10BrF4N/c1-20-14(8-3-2-4-9(15)12(8)18)7-5-10(16)13(19)11(17)6-7/h2-6,14,20H,1H3. The summed E-state index contributed by atoms with van der Waals surface area (Å²) in [6.45, 7) is 0. The Balaban J connectivity index is 2.55. The minimum absolute atomic E-state index is 0.0981. The highest BCUT2D eigenvalue weighted by atomic mass is 79.9. The van der Waals surface area contributed by atoms with E-state index in [-0.39, 0.29) is 15.6 Å². The monoisotopic (exact) mass is 347 g/mol. The molecule has 1 nitrogen and oxygen atoms in total. The van der Waals surface area contributed by atoms with E-state index in [0.29, 0.717) is 0 Å². The van der Waals surface area contributed by atoms with Crippen LogP contribution in [0, 0.1) is 23.3 Å². The fourth-order valence-electron chi connectivity index (χ4n) is 1.99. The van der Waals surface area contributed by atoms with Gasteiger partial charge in [0.2, 0.25) is 0 Å². The van der Waals surface area contributed by atoms with Crippen molar-refractivity contribution in [2.24, 2.45) is 0 Å². The summed E-state index contributed by atoms with van der Waals surface area (Å²) in [6, 6.07) is 5.50. The lowest BCUT2D eigenvalue weighted by Crippen LogP contribution is -2.20. The van der Waals surface area contributed by atoms with Gasteiger partial charge in [0.15, 0.2) is 17.5 Å². The molecular formula is C14H10BrF4N. The molecule has 1 atom stereocenters. The summed E-state index contributed by atoms with van der Waals surface area (Å²) in [7, 11) is 1.52. The molecule has 0 aliphatic carbocycles. The number of benzene rings is 2. The minimum Gasteiger partial charge on any atom is -0.309 e. The van der Waals surface area contributed by atoms with Crippen LogP contribution < -0.4 is 5.32 Å². The molecule has 0 aliphatic heterocycles. The molecule has 1 unspecified atom stereocenters. The van der Waals surface area contributed by atoms with Gasteiger partial charge in [-0.25, -0.2) is 17.6 Å². The van der Waals surface area contributed by atoms with Crippen LogP contribution in [0.1, 0.15) is 17.2 Å². The molecule has 0 saturated heterocycles. The molecular weight excluding hydrogens is 338 g/mol. The molecule has 0 fully saturated rings. The van der Waals surface area contributed by atoms with E-state index in [9.17, 15) is 17.6 Å². The normalized spacial score (nSPS) is 12.5. The molecule has 1 N–H and O–H groups in total. The third kappa shape index (κ3) is 2.71. The largest absolute Gasteiger partial charge is 0.309 e. The lowest BCUT2D eigenvalue weighted by atomic mass is 9.98. The molecule has 0 spiro atoms. The summed E-state index contributed by atoms with van der Waals surface area (Å²) in [6.07, 6.45) is 0. The van der Waals surface area contributed by atoms with Crippen LogP contribution in [0.5, 0.6) is 0 Å². The zero-order valence-corrected chi connectivity index (χ0v) is 11.9. The van der Waals surface area contributed by atoms with E-state index in [1.807, 2.05) is 0 Å². The Hall–Kier alpha value is -1.40. The van der Waals surface area contributed by atoms with Crippen LogP contribution in [0.25, 0.3) is 0 Å². The van der Waals surface area contributed by atoms with Crippen molar-refractivity contribution in [1.82, 2.24) is 5.32 Å². The zero-order chi connectivity index (χ0) is 14.9. The maximum atomic E-state index is 14.1. The van der Waals surface area contributed by atoms with E-state index in [2.05, 4.69) is 21.2 Å². The van der Waals surface area contributed by atoms with E-state index in [1.54, 1.807) is 6.07 Å². The summed E-state index contributed by atoms with van der Waals surface area (Å²) in [5, 5.41) is 2.76. The van der Waals surface area contributed by atoms with Crippen molar-refractivity contribution in [2.75, 3.05) is 7.05 Å². The molecule has 0 radical (unpaired) electrons. The first kappa shape index (κ1) is 15.0. The number of hydrogen-bond donors (Lipinski definition) is 1. The molecule has 2 rings (SSSR count). The van der Waals surface area contributed by atoms with Crippen LogP contribution in [0.2, 0.25) is 0 Å². The highest BCUT2D eigenvalue weighted by Gasteiger charge is 2.21. The summed E-state index contributed by atoms with van der Waals surface area (Å²) in [5.74, 6) is -4.71. The lowest BCUT2D eigenvalue weighted by Gasteiger charge is -2.19. The van der Waals surface area contributed by atoms with Crippen molar-refractivity contribution in [1.29, 1.82) is 0 Å². The highest BCUT2D eigenvalue weighted by molar-refractivity contribution is 9.10. The van der Waals surface area contributed by atoms with Crippen LogP contribution in [-0.4, -0.2) is 7.05 Å². The van der Waals surface area contributed by atoms with Crippen LogP contribution in [-0.2, 0) is 0 Å². The second-order valence-corrected chi connectivity index (χ2v) is 5.02. The quantitative estimate of drug-likeness (QED) is 0.644. The Morgan fingerprint density at radius 2 is 1.60 bits per heavy atom. The molecule has 106 valence electrons. The number of halogens is 5. The fraction of sp³-hybridized carbons (Fsp3) is 0.143. The predicted octanol–water partition coefficient (Wildman–Crippen LogP) is 4.31. The van der Waals surface area contributed by atoms with Gasteiger partial charge in [0.25, 0.3) is 0 Å². The maximum Gasteiger partial charge on any atom is 0.194 e. The van der Waals surface area contributed by atoms with Gasteiger partial charge in [0.1, 0.15) is 5.82 Å². The average molecular weight is 348 g/mol. The summed E-state index contributed by atoms with van der Waals surface area (Å²) in [4.78, 5) is 0. The Morgan fingerprint density at radius 1 is 1.00 bits per heavy atom. The molecule has 0 heterocycles. The molecule has 20 heavy (non-hydrogen) atoms. The third-order valence-corrected chi connectivity index (χ3v) is 3.53. The van der Waals surface area contributed by atoms with Crippen molar-refractivity contribution >= 4 is 15.9 Å². The summed E-state index contributed by atoms with van der Waals surface area (Å²) < 4.78 is 53.8. The van der Waals surface area contributed by atoms with Gasteiger partial charge < -0.3 is 5.32 Å². The van der Waals surface area contributed by atoms with Gasteiger partial charge in [0, 0.05) is 5.56 Å². The van der Waals surface area contributed by atoms with Crippen molar-refractivity contribution in [3.05, 3.63) is 69.2 Å². The van der Waals surface area contributed by atoms with Crippen LogP contribution in [0.3, 0.4) is 0 Å². The first-order valence-electron chi connectivity index (χ1n) is 5.71. The second kappa shape index (κ2) is 5.93. The van der Waals surface area contributed by atoms with Gasteiger partial charge in [-0.1, -0.05) is 12.1 Å². The topological polar surface area (TPSA) is 12.0 Å².